The van der Waals surface area contributed by atoms with E-state index in [4.69, 9.17) is 4.52 Å². The minimum absolute atomic E-state index is 0.00893. The fourth-order valence-corrected chi connectivity index (χ4v) is 3.14. The summed E-state index contributed by atoms with van der Waals surface area (Å²) >= 11 is 0. The second-order valence-corrected chi connectivity index (χ2v) is 6.31. The van der Waals surface area contributed by atoms with Gasteiger partial charge >= 0.3 is 0 Å². The Bertz CT molecular complexity index is 1200. The van der Waals surface area contributed by atoms with Gasteiger partial charge in [0.2, 0.25) is 17.5 Å². The number of aryl methyl sites for hydroxylation is 2. The van der Waals surface area contributed by atoms with Gasteiger partial charge in [-0.1, -0.05) is 29.4 Å². The Morgan fingerprint density at radius 1 is 1.11 bits per heavy atom. The van der Waals surface area contributed by atoms with Crippen molar-refractivity contribution in [3.05, 3.63) is 82.0 Å². The number of nitrogens with zero attached hydrogens (tertiary/aromatic N) is 4. The van der Waals surface area contributed by atoms with Crippen LogP contribution in [0.2, 0.25) is 0 Å². The molecular formula is C20H18N4O3. The summed E-state index contributed by atoms with van der Waals surface area (Å²) in [5, 5.41) is 4.68. The van der Waals surface area contributed by atoms with E-state index in [0.29, 0.717) is 17.6 Å². The fourth-order valence-electron chi connectivity index (χ4n) is 3.14. The van der Waals surface area contributed by atoms with Crippen molar-refractivity contribution in [3.63, 3.8) is 0 Å². The van der Waals surface area contributed by atoms with E-state index in [1.165, 1.54) is 4.57 Å². The van der Waals surface area contributed by atoms with Gasteiger partial charge in [-0.25, -0.2) is 0 Å². The number of benzene rings is 1. The molecule has 3 heterocycles. The number of hydrogen-bond acceptors (Lipinski definition) is 5. The van der Waals surface area contributed by atoms with Crippen molar-refractivity contribution in [1.29, 1.82) is 0 Å². The topological polar surface area (TPSA) is 82.9 Å². The summed E-state index contributed by atoms with van der Waals surface area (Å²) in [5.41, 5.74) is 1.88. The van der Waals surface area contributed by atoms with Gasteiger partial charge in [0.15, 0.2) is 0 Å². The van der Waals surface area contributed by atoms with Gasteiger partial charge in [0, 0.05) is 29.9 Å². The molecule has 0 amide bonds. The molecule has 27 heavy (non-hydrogen) atoms. The number of carbonyl (C=O) groups excluding carboxylic acids is 1. The molecule has 0 N–H and O–H groups in total. The number of carbonyl (C=O) groups is 1. The third-order valence-electron chi connectivity index (χ3n) is 4.60. The molecule has 4 rings (SSSR count). The minimum atomic E-state index is -0.300. The summed E-state index contributed by atoms with van der Waals surface area (Å²) in [7, 11) is 0. The van der Waals surface area contributed by atoms with Crippen LogP contribution in [0.1, 0.15) is 34.6 Å². The van der Waals surface area contributed by atoms with Gasteiger partial charge in [-0.05, 0) is 31.5 Å². The van der Waals surface area contributed by atoms with E-state index >= 15 is 0 Å². The van der Waals surface area contributed by atoms with Crippen molar-refractivity contribution in [2.24, 2.45) is 0 Å². The van der Waals surface area contributed by atoms with Crippen molar-refractivity contribution in [3.8, 4) is 0 Å². The summed E-state index contributed by atoms with van der Waals surface area (Å²) < 4.78 is 8.61. The van der Waals surface area contributed by atoms with E-state index in [2.05, 4.69) is 10.1 Å². The quantitative estimate of drug-likeness (QED) is 0.510. The smallest absolute Gasteiger partial charge is 0.275 e. The van der Waals surface area contributed by atoms with Gasteiger partial charge in [0.05, 0.1) is 0 Å². The third-order valence-corrected chi connectivity index (χ3v) is 4.60. The molecule has 0 spiro atoms. The lowest BCUT2D eigenvalue weighted by atomic mass is 10.0. The van der Waals surface area contributed by atoms with Gasteiger partial charge in [-0.3, -0.25) is 9.59 Å². The van der Waals surface area contributed by atoms with Crippen molar-refractivity contribution < 1.29 is 9.32 Å². The lowest BCUT2D eigenvalue weighted by Crippen LogP contribution is -2.22. The predicted octanol–water partition coefficient (Wildman–Crippen LogP) is 2.79. The molecule has 7 nitrogen and oxygen atoms in total. The van der Waals surface area contributed by atoms with E-state index < -0.39 is 0 Å². The van der Waals surface area contributed by atoms with Crippen LogP contribution in [0.5, 0.6) is 0 Å². The van der Waals surface area contributed by atoms with E-state index in [9.17, 15) is 9.59 Å². The van der Waals surface area contributed by atoms with Crippen LogP contribution in [0.15, 0.2) is 58.1 Å². The predicted molar refractivity (Wildman–Crippen MR) is 99.9 cm³/mol. The molecule has 136 valence electrons. The van der Waals surface area contributed by atoms with Crippen LogP contribution in [-0.4, -0.2) is 25.1 Å². The number of fused-ring (bicyclic) bond motifs is 1. The van der Waals surface area contributed by atoms with Crippen LogP contribution in [0, 0.1) is 6.92 Å². The summed E-state index contributed by atoms with van der Waals surface area (Å²) in [4.78, 5) is 29.5. The van der Waals surface area contributed by atoms with E-state index in [0.717, 1.165) is 10.9 Å². The van der Waals surface area contributed by atoms with Crippen LogP contribution in [0.4, 0.5) is 0 Å². The van der Waals surface area contributed by atoms with E-state index in [1.54, 1.807) is 18.3 Å². The first-order chi connectivity index (χ1) is 13.1. The average molecular weight is 362 g/mol. The first kappa shape index (κ1) is 17.0. The molecule has 0 bridgehead atoms. The van der Waals surface area contributed by atoms with Crippen molar-refractivity contribution in [2.45, 2.75) is 26.9 Å². The van der Waals surface area contributed by atoms with Gasteiger partial charge < -0.3 is 13.7 Å². The first-order valence-electron chi connectivity index (χ1n) is 8.69. The van der Waals surface area contributed by atoms with Crippen molar-refractivity contribution >= 4 is 16.7 Å². The number of rotatable bonds is 5. The van der Waals surface area contributed by atoms with Crippen LogP contribution in [-0.2, 0) is 13.1 Å². The van der Waals surface area contributed by atoms with Gasteiger partial charge in [0.1, 0.15) is 12.1 Å². The minimum Gasteiger partial charge on any atom is -0.343 e. The molecule has 0 saturated carbocycles. The molecule has 0 radical (unpaired) electrons. The Hall–Kier alpha value is -3.48. The standard InChI is InChI=1S/C20H18N4O3/c1-3-23-10-8-14-9-11-24(20(26)17(14)23)12-16-21-19(22-27-16)18(25)15-7-5-4-6-13(15)2/h4-11H,3,12H2,1-2H3. The summed E-state index contributed by atoms with van der Waals surface area (Å²) in [6.45, 7) is 4.65. The third kappa shape index (κ3) is 2.97. The Balaban J connectivity index is 1.64. The molecular weight excluding hydrogens is 344 g/mol. The largest absolute Gasteiger partial charge is 0.343 e. The second-order valence-electron chi connectivity index (χ2n) is 6.31. The molecule has 0 unspecified atom stereocenters. The summed E-state index contributed by atoms with van der Waals surface area (Å²) in [6, 6.07) is 11.0. The lowest BCUT2D eigenvalue weighted by Gasteiger charge is -2.05. The summed E-state index contributed by atoms with van der Waals surface area (Å²) in [5.74, 6) is -0.0980. The normalized spacial score (nSPS) is 11.2. The van der Waals surface area contributed by atoms with Crippen LogP contribution in [0.25, 0.3) is 10.9 Å². The zero-order valence-electron chi connectivity index (χ0n) is 15.0. The molecule has 7 heteroatoms. The SMILES string of the molecule is CCn1ccc2ccn(Cc3nc(C(=O)c4ccccc4C)no3)c(=O)c21. The van der Waals surface area contributed by atoms with Crippen LogP contribution < -0.4 is 5.56 Å². The van der Waals surface area contributed by atoms with Crippen molar-refractivity contribution in [2.75, 3.05) is 0 Å². The maximum absolute atomic E-state index is 12.8. The first-order valence-corrected chi connectivity index (χ1v) is 8.69. The van der Waals surface area contributed by atoms with Crippen LogP contribution >= 0.6 is 0 Å². The Morgan fingerprint density at radius 2 is 1.85 bits per heavy atom. The number of pyridine rings is 1. The zero-order chi connectivity index (χ0) is 19.0. The fraction of sp³-hybridized carbons (Fsp3) is 0.200. The molecule has 0 aliphatic heterocycles. The Kier molecular flexibility index (Phi) is 4.19. The highest BCUT2D eigenvalue weighted by Gasteiger charge is 2.19. The highest BCUT2D eigenvalue weighted by molar-refractivity contribution is 6.07. The maximum atomic E-state index is 12.8. The highest BCUT2D eigenvalue weighted by atomic mass is 16.5. The monoisotopic (exact) mass is 362 g/mol. The molecule has 0 fully saturated rings. The van der Waals surface area contributed by atoms with E-state index in [1.807, 2.05) is 48.9 Å². The highest BCUT2D eigenvalue weighted by Crippen LogP contribution is 2.14. The van der Waals surface area contributed by atoms with Gasteiger partial charge in [-0.15, -0.1) is 0 Å². The van der Waals surface area contributed by atoms with E-state index in [-0.39, 0.29) is 29.6 Å². The zero-order valence-corrected chi connectivity index (χ0v) is 15.0. The lowest BCUT2D eigenvalue weighted by molar-refractivity contribution is 0.102. The maximum Gasteiger partial charge on any atom is 0.275 e. The average Bonchev–Trinajstić information content (AvgIpc) is 3.31. The molecule has 1 aromatic carbocycles. The molecule has 0 atom stereocenters. The molecule has 4 aromatic rings. The van der Waals surface area contributed by atoms with Gasteiger partial charge in [-0.2, -0.15) is 4.98 Å². The molecule has 0 saturated heterocycles. The molecule has 0 aliphatic carbocycles. The Labute approximate surface area is 154 Å². The van der Waals surface area contributed by atoms with Gasteiger partial charge in [0.25, 0.3) is 5.56 Å². The number of hydrogen-bond donors (Lipinski definition) is 0. The number of aromatic nitrogens is 4. The Morgan fingerprint density at radius 3 is 2.59 bits per heavy atom. The number of ketones is 1. The molecule has 3 aromatic heterocycles. The second kappa shape index (κ2) is 6.68. The van der Waals surface area contributed by atoms with Crippen LogP contribution in [0.3, 0.4) is 0 Å². The summed E-state index contributed by atoms with van der Waals surface area (Å²) in [6.07, 6.45) is 3.58. The molecule has 0 aliphatic rings. The van der Waals surface area contributed by atoms with Crippen molar-refractivity contribution in [1.82, 2.24) is 19.3 Å².